The van der Waals surface area contributed by atoms with Crippen molar-refractivity contribution in [2.75, 3.05) is 4.90 Å². The van der Waals surface area contributed by atoms with Crippen LogP contribution < -0.4 is 15.5 Å². The van der Waals surface area contributed by atoms with Crippen LogP contribution in [-0.4, -0.2) is 29.7 Å². The van der Waals surface area contributed by atoms with E-state index < -0.39 is 29.7 Å². The average Bonchev–Trinajstić information content (AvgIpc) is 3.16. The molecule has 0 saturated carbocycles. The number of nitrogens with one attached hydrogen (secondary N) is 2. The summed E-state index contributed by atoms with van der Waals surface area (Å²) >= 11 is 6.60. The number of hydrogen-bond acceptors (Lipinski definition) is 4. The fourth-order valence-electron chi connectivity index (χ4n) is 2.34. The second-order valence-corrected chi connectivity index (χ2v) is 6.61. The molecular weight excluding hydrogens is 395 g/mol. The molecule has 0 radical (unpaired) electrons. The van der Waals surface area contributed by atoms with Crippen LogP contribution in [0.4, 0.5) is 23.7 Å². The molecular formula is C15H9ClF3N3O3S. The smallest absolute Gasteiger partial charge is 0.313 e. The molecule has 0 spiro atoms. The van der Waals surface area contributed by atoms with Crippen LogP contribution in [0.15, 0.2) is 41.8 Å². The Labute approximate surface area is 153 Å². The Morgan fingerprint density at radius 2 is 1.85 bits per heavy atom. The van der Waals surface area contributed by atoms with Crippen molar-refractivity contribution in [1.29, 1.82) is 0 Å². The molecule has 1 saturated heterocycles. The third kappa shape index (κ3) is 2.90. The molecule has 2 heterocycles. The van der Waals surface area contributed by atoms with E-state index >= 15 is 0 Å². The zero-order valence-corrected chi connectivity index (χ0v) is 14.2. The van der Waals surface area contributed by atoms with E-state index in [9.17, 15) is 27.6 Å². The Morgan fingerprint density at radius 1 is 1.19 bits per heavy atom. The van der Waals surface area contributed by atoms with Crippen LogP contribution in [-0.2, 0) is 4.79 Å². The van der Waals surface area contributed by atoms with E-state index in [1.54, 1.807) is 10.6 Å². The minimum absolute atomic E-state index is 0.0411. The van der Waals surface area contributed by atoms with Gasteiger partial charge in [0.2, 0.25) is 0 Å². The van der Waals surface area contributed by atoms with Crippen molar-refractivity contribution in [2.24, 2.45) is 0 Å². The van der Waals surface area contributed by atoms with Crippen LogP contribution in [0.3, 0.4) is 0 Å². The molecule has 2 N–H and O–H groups in total. The predicted molar refractivity (Wildman–Crippen MR) is 88.0 cm³/mol. The lowest BCUT2D eigenvalue weighted by Gasteiger charge is -2.29. The molecule has 11 heteroatoms. The first-order valence-electron chi connectivity index (χ1n) is 7.01. The molecule has 1 aliphatic rings. The highest BCUT2D eigenvalue weighted by molar-refractivity contribution is 7.12. The van der Waals surface area contributed by atoms with Crippen molar-refractivity contribution in [1.82, 2.24) is 10.6 Å². The van der Waals surface area contributed by atoms with Crippen molar-refractivity contribution < 1.29 is 27.6 Å². The number of hydrogen-bond donors (Lipinski definition) is 2. The number of benzene rings is 1. The zero-order chi connectivity index (χ0) is 19.1. The highest BCUT2D eigenvalue weighted by Gasteiger charge is 2.69. The summed E-state index contributed by atoms with van der Waals surface area (Å²) in [6, 6.07) is 6.50. The summed E-state index contributed by atoms with van der Waals surface area (Å²) < 4.78 is 41.1. The summed E-state index contributed by atoms with van der Waals surface area (Å²) in [5, 5.41) is 4.95. The van der Waals surface area contributed by atoms with Crippen LogP contribution >= 0.6 is 22.9 Å². The fourth-order valence-corrected chi connectivity index (χ4v) is 3.09. The molecule has 4 amide bonds. The Bertz CT molecular complexity index is 871. The first kappa shape index (κ1) is 18.2. The molecule has 1 atom stereocenters. The van der Waals surface area contributed by atoms with Crippen molar-refractivity contribution >= 4 is 46.5 Å². The van der Waals surface area contributed by atoms with Crippen molar-refractivity contribution in [3.05, 3.63) is 51.7 Å². The highest BCUT2D eigenvalue weighted by Crippen LogP contribution is 2.36. The number of nitrogens with zero attached hydrogens (tertiary/aromatic N) is 1. The van der Waals surface area contributed by atoms with E-state index in [1.807, 2.05) is 0 Å². The van der Waals surface area contributed by atoms with Gasteiger partial charge in [-0.1, -0.05) is 17.7 Å². The van der Waals surface area contributed by atoms with Crippen LogP contribution in [0, 0.1) is 0 Å². The maximum atomic E-state index is 13.7. The van der Waals surface area contributed by atoms with E-state index in [4.69, 9.17) is 11.6 Å². The molecule has 3 rings (SSSR count). The number of thiophene rings is 1. The van der Waals surface area contributed by atoms with Crippen LogP contribution in [0.5, 0.6) is 0 Å². The maximum Gasteiger partial charge on any atom is 0.440 e. The van der Waals surface area contributed by atoms with Gasteiger partial charge in [-0.25, -0.2) is 9.69 Å². The first-order valence-corrected chi connectivity index (χ1v) is 8.26. The number of amides is 4. The minimum atomic E-state index is -5.27. The van der Waals surface area contributed by atoms with Crippen LogP contribution in [0.25, 0.3) is 0 Å². The van der Waals surface area contributed by atoms with Gasteiger partial charge in [0.05, 0.1) is 10.6 Å². The van der Waals surface area contributed by atoms with E-state index in [0.717, 1.165) is 11.3 Å². The van der Waals surface area contributed by atoms with Gasteiger partial charge in [0.1, 0.15) is 0 Å². The molecule has 136 valence electrons. The second-order valence-electron chi connectivity index (χ2n) is 5.23. The van der Waals surface area contributed by atoms with E-state index in [-0.39, 0.29) is 15.6 Å². The summed E-state index contributed by atoms with van der Waals surface area (Å²) in [6.45, 7) is 0. The van der Waals surface area contributed by atoms with Gasteiger partial charge in [-0.05, 0) is 35.7 Å². The molecule has 26 heavy (non-hydrogen) atoms. The SMILES string of the molecule is O=C(N[C@@]1(C(F)(F)F)NC(=O)N(c2ccc(Cl)cc2)C1=O)c1cccs1. The first-order chi connectivity index (χ1) is 12.2. The lowest BCUT2D eigenvalue weighted by atomic mass is 10.1. The summed E-state index contributed by atoms with van der Waals surface area (Å²) in [6.07, 6.45) is -5.27. The number of alkyl halides is 3. The number of rotatable bonds is 3. The summed E-state index contributed by atoms with van der Waals surface area (Å²) in [4.78, 5) is 37.0. The number of imide groups is 1. The van der Waals surface area contributed by atoms with Gasteiger partial charge in [0.15, 0.2) is 0 Å². The van der Waals surface area contributed by atoms with Gasteiger partial charge < -0.3 is 5.32 Å². The molecule has 6 nitrogen and oxygen atoms in total. The lowest BCUT2D eigenvalue weighted by Crippen LogP contribution is -2.69. The van der Waals surface area contributed by atoms with Gasteiger partial charge in [0.25, 0.3) is 17.5 Å². The highest BCUT2D eigenvalue weighted by atomic mass is 35.5. The molecule has 0 unspecified atom stereocenters. The molecule has 0 bridgehead atoms. The third-order valence-electron chi connectivity index (χ3n) is 3.58. The summed E-state index contributed by atoms with van der Waals surface area (Å²) in [5.74, 6) is -2.80. The number of halogens is 4. The van der Waals surface area contributed by atoms with Gasteiger partial charge >= 0.3 is 12.2 Å². The molecule has 1 aliphatic heterocycles. The molecule has 1 fully saturated rings. The Morgan fingerprint density at radius 3 is 2.38 bits per heavy atom. The normalized spacial score (nSPS) is 20.2. The average molecular weight is 404 g/mol. The topological polar surface area (TPSA) is 78.5 Å². The van der Waals surface area contributed by atoms with Gasteiger partial charge in [0, 0.05) is 5.02 Å². The minimum Gasteiger partial charge on any atom is -0.313 e. The molecule has 1 aromatic carbocycles. The van der Waals surface area contributed by atoms with Crippen molar-refractivity contribution in [3.8, 4) is 0 Å². The van der Waals surface area contributed by atoms with Crippen molar-refractivity contribution in [2.45, 2.75) is 11.8 Å². The lowest BCUT2D eigenvalue weighted by molar-refractivity contribution is -0.197. The van der Waals surface area contributed by atoms with Crippen LogP contribution in [0.2, 0.25) is 5.02 Å². The monoisotopic (exact) mass is 403 g/mol. The Balaban J connectivity index is 2.00. The zero-order valence-electron chi connectivity index (χ0n) is 12.6. The number of anilines is 1. The van der Waals surface area contributed by atoms with Gasteiger partial charge in [-0.2, -0.15) is 13.2 Å². The van der Waals surface area contributed by atoms with Crippen LogP contribution in [0.1, 0.15) is 9.67 Å². The largest absolute Gasteiger partial charge is 0.440 e. The number of carbonyl (C=O) groups is 3. The number of carbonyl (C=O) groups excluding carboxylic acids is 3. The molecule has 2 aromatic rings. The van der Waals surface area contributed by atoms with E-state index in [2.05, 4.69) is 0 Å². The number of urea groups is 1. The second kappa shape index (κ2) is 6.29. The fraction of sp³-hybridized carbons (Fsp3) is 0.133. The van der Waals surface area contributed by atoms with E-state index in [1.165, 1.54) is 41.8 Å². The van der Waals surface area contributed by atoms with E-state index in [0.29, 0.717) is 4.90 Å². The summed E-state index contributed by atoms with van der Waals surface area (Å²) in [5.41, 5.74) is -3.68. The van der Waals surface area contributed by atoms with Gasteiger partial charge in [-0.3, -0.25) is 14.9 Å². The maximum absolute atomic E-state index is 13.7. The third-order valence-corrected chi connectivity index (χ3v) is 4.70. The Kier molecular flexibility index (Phi) is 4.41. The standard InChI is InChI=1S/C15H9ClF3N3O3S/c16-8-3-5-9(6-4-8)22-12(24)14(15(17,18)19,21-13(22)25)20-11(23)10-2-1-7-26-10/h1-7H,(H,20,23)(H,21,25)/t14-/m1/s1. The van der Waals surface area contributed by atoms with Crippen molar-refractivity contribution in [3.63, 3.8) is 0 Å². The summed E-state index contributed by atoms with van der Waals surface area (Å²) in [7, 11) is 0. The Hall–Kier alpha value is -2.59. The quantitative estimate of drug-likeness (QED) is 0.773. The predicted octanol–water partition coefficient (Wildman–Crippen LogP) is 3.15. The van der Waals surface area contributed by atoms with Gasteiger partial charge in [-0.15, -0.1) is 11.3 Å². The molecule has 0 aliphatic carbocycles. The molecule has 1 aromatic heterocycles.